The van der Waals surface area contributed by atoms with Gasteiger partial charge >= 0.3 is 5.69 Å². The number of aromatic amines is 2. The van der Waals surface area contributed by atoms with Crippen molar-refractivity contribution in [2.24, 2.45) is 0 Å². The summed E-state index contributed by atoms with van der Waals surface area (Å²) >= 11 is 1.35. The molecular weight excluding hydrogens is 250 g/mol. The second-order valence-corrected chi connectivity index (χ2v) is 4.83. The van der Waals surface area contributed by atoms with Crippen LogP contribution < -0.4 is 11.2 Å². The summed E-state index contributed by atoms with van der Waals surface area (Å²) in [6.45, 7) is 0. The van der Waals surface area contributed by atoms with Crippen LogP contribution in [0.1, 0.15) is 12.0 Å². The lowest BCUT2D eigenvalue weighted by atomic mass is 10.1. The molecule has 0 bridgehead atoms. The molecular formula is C12H13N3O2S. The summed E-state index contributed by atoms with van der Waals surface area (Å²) in [5.74, 6) is 0.789. The molecule has 0 spiro atoms. The van der Waals surface area contributed by atoms with Gasteiger partial charge in [-0.25, -0.2) is 9.89 Å². The number of nitrogens with zero attached hydrogens (tertiary/aromatic N) is 1. The highest BCUT2D eigenvalue weighted by atomic mass is 32.2. The van der Waals surface area contributed by atoms with Crippen molar-refractivity contribution in [2.45, 2.75) is 17.9 Å². The molecule has 6 heteroatoms. The van der Waals surface area contributed by atoms with Gasteiger partial charge in [-0.2, -0.15) is 5.10 Å². The van der Waals surface area contributed by atoms with Crippen LogP contribution in [0.3, 0.4) is 0 Å². The van der Waals surface area contributed by atoms with Crippen molar-refractivity contribution >= 4 is 11.8 Å². The Bertz CT molecular complexity index is 606. The highest BCUT2D eigenvalue weighted by Crippen LogP contribution is 2.12. The van der Waals surface area contributed by atoms with E-state index in [-0.39, 0.29) is 0 Å². The van der Waals surface area contributed by atoms with Crippen LogP contribution in [0, 0.1) is 0 Å². The molecule has 1 heterocycles. The van der Waals surface area contributed by atoms with Gasteiger partial charge in [-0.15, -0.1) is 0 Å². The second kappa shape index (κ2) is 6.20. The van der Waals surface area contributed by atoms with E-state index in [0.717, 1.165) is 18.6 Å². The Hall–Kier alpha value is -1.82. The first-order chi connectivity index (χ1) is 8.75. The van der Waals surface area contributed by atoms with Crippen LogP contribution in [0.2, 0.25) is 0 Å². The molecule has 2 N–H and O–H groups in total. The lowest BCUT2D eigenvalue weighted by Crippen LogP contribution is -2.25. The molecule has 2 rings (SSSR count). The van der Waals surface area contributed by atoms with Crippen molar-refractivity contribution in [1.82, 2.24) is 15.2 Å². The number of benzene rings is 1. The Kier molecular flexibility index (Phi) is 4.35. The quantitative estimate of drug-likeness (QED) is 0.627. The topological polar surface area (TPSA) is 78.6 Å². The van der Waals surface area contributed by atoms with Crippen molar-refractivity contribution in [1.29, 1.82) is 0 Å². The molecule has 0 aliphatic heterocycles. The van der Waals surface area contributed by atoms with Gasteiger partial charge in [-0.05, 0) is 18.4 Å². The maximum absolute atomic E-state index is 11.3. The molecule has 0 fully saturated rings. The van der Waals surface area contributed by atoms with Crippen LogP contribution in [-0.4, -0.2) is 20.9 Å². The average molecular weight is 263 g/mol. The van der Waals surface area contributed by atoms with Gasteiger partial charge < -0.3 is 0 Å². The Morgan fingerprint density at radius 2 is 1.94 bits per heavy atom. The minimum Gasteiger partial charge on any atom is -0.271 e. The molecule has 2 aromatic rings. The summed E-state index contributed by atoms with van der Waals surface area (Å²) in [5.41, 5.74) is 0.276. The van der Waals surface area contributed by atoms with Crippen LogP contribution in [0.25, 0.3) is 0 Å². The first-order valence-electron chi connectivity index (χ1n) is 5.61. The second-order valence-electron chi connectivity index (χ2n) is 3.75. The predicted octanol–water partition coefficient (Wildman–Crippen LogP) is 1.18. The molecule has 0 aliphatic rings. The number of thioether (sulfide) groups is 1. The van der Waals surface area contributed by atoms with E-state index in [1.54, 1.807) is 0 Å². The third kappa shape index (κ3) is 3.59. The van der Waals surface area contributed by atoms with Crippen LogP contribution in [-0.2, 0) is 6.42 Å². The van der Waals surface area contributed by atoms with E-state index in [0.29, 0.717) is 5.03 Å². The molecule has 94 valence electrons. The number of hydrogen-bond acceptors (Lipinski definition) is 4. The van der Waals surface area contributed by atoms with Gasteiger partial charge in [0.05, 0.1) is 0 Å². The summed E-state index contributed by atoms with van der Waals surface area (Å²) < 4.78 is 0. The fraction of sp³-hybridized carbons (Fsp3) is 0.250. The maximum Gasteiger partial charge on any atom is 0.342 e. The lowest BCUT2D eigenvalue weighted by Gasteiger charge is -2.00. The summed E-state index contributed by atoms with van der Waals surface area (Å²) in [5, 5.41) is 6.23. The van der Waals surface area contributed by atoms with Crippen molar-refractivity contribution in [3.8, 4) is 0 Å². The molecule has 1 aromatic carbocycles. The van der Waals surface area contributed by atoms with Gasteiger partial charge in [0.2, 0.25) is 0 Å². The Labute approximate surface area is 108 Å². The van der Waals surface area contributed by atoms with Gasteiger partial charge in [-0.3, -0.25) is 9.78 Å². The molecule has 1 aromatic heterocycles. The fourth-order valence-corrected chi connectivity index (χ4v) is 2.30. The van der Waals surface area contributed by atoms with Crippen molar-refractivity contribution in [2.75, 3.05) is 5.75 Å². The van der Waals surface area contributed by atoms with E-state index >= 15 is 0 Å². The minimum atomic E-state index is -0.575. The highest BCUT2D eigenvalue weighted by molar-refractivity contribution is 7.99. The smallest absolute Gasteiger partial charge is 0.271 e. The van der Waals surface area contributed by atoms with Gasteiger partial charge in [0.1, 0.15) is 0 Å². The maximum atomic E-state index is 11.3. The van der Waals surface area contributed by atoms with E-state index in [4.69, 9.17) is 0 Å². The third-order valence-corrected chi connectivity index (χ3v) is 3.41. The normalized spacial score (nSPS) is 10.4. The van der Waals surface area contributed by atoms with Crippen LogP contribution in [0.15, 0.2) is 44.9 Å². The summed E-state index contributed by atoms with van der Waals surface area (Å²) in [4.78, 5) is 24.3. The zero-order chi connectivity index (χ0) is 12.8. The average Bonchev–Trinajstić information content (AvgIpc) is 2.38. The Morgan fingerprint density at radius 3 is 2.67 bits per heavy atom. The number of rotatable bonds is 5. The van der Waals surface area contributed by atoms with Gasteiger partial charge in [0, 0.05) is 5.75 Å². The molecule has 18 heavy (non-hydrogen) atoms. The molecule has 5 nitrogen and oxygen atoms in total. The van der Waals surface area contributed by atoms with Gasteiger partial charge in [0.25, 0.3) is 5.56 Å². The predicted molar refractivity (Wildman–Crippen MR) is 71.0 cm³/mol. The molecule has 0 saturated carbocycles. The largest absolute Gasteiger partial charge is 0.342 e. The SMILES string of the molecule is O=c1[nH]nc(SCCCc2ccccc2)c(=O)[nH]1. The number of H-pyrrole nitrogens is 2. The van der Waals surface area contributed by atoms with Crippen molar-refractivity contribution in [3.63, 3.8) is 0 Å². The molecule has 0 atom stereocenters. The van der Waals surface area contributed by atoms with Crippen molar-refractivity contribution < 1.29 is 0 Å². The molecule has 0 saturated heterocycles. The van der Waals surface area contributed by atoms with Gasteiger partial charge in [-0.1, -0.05) is 42.1 Å². The summed E-state index contributed by atoms with van der Waals surface area (Å²) in [7, 11) is 0. The minimum absolute atomic E-state index is 0.308. The number of hydrogen-bond donors (Lipinski definition) is 2. The fourth-order valence-electron chi connectivity index (χ4n) is 1.52. The molecule has 0 amide bonds. The van der Waals surface area contributed by atoms with Crippen molar-refractivity contribution in [3.05, 3.63) is 56.7 Å². The van der Waals surface area contributed by atoms with E-state index in [2.05, 4.69) is 27.3 Å². The molecule has 0 radical (unpaired) electrons. The van der Waals surface area contributed by atoms with Crippen LogP contribution >= 0.6 is 11.8 Å². The molecule has 0 aliphatic carbocycles. The third-order valence-electron chi connectivity index (χ3n) is 2.37. The standard InChI is InChI=1S/C12H13N3O2S/c16-10-11(14-15-12(17)13-10)18-8-4-7-9-5-2-1-3-6-9/h1-3,5-6H,4,7-8H2,(H2,13,15,16,17). The van der Waals surface area contributed by atoms with E-state index < -0.39 is 11.2 Å². The van der Waals surface area contributed by atoms with Crippen LogP contribution in [0.4, 0.5) is 0 Å². The monoisotopic (exact) mass is 263 g/mol. The van der Waals surface area contributed by atoms with Crippen LogP contribution in [0.5, 0.6) is 0 Å². The Balaban J connectivity index is 1.82. The van der Waals surface area contributed by atoms with E-state index in [1.807, 2.05) is 18.2 Å². The number of aromatic nitrogens is 3. The van der Waals surface area contributed by atoms with E-state index in [1.165, 1.54) is 17.3 Å². The lowest BCUT2D eigenvalue weighted by molar-refractivity contribution is 0.805. The first kappa shape index (κ1) is 12.6. The van der Waals surface area contributed by atoms with Gasteiger partial charge in [0.15, 0.2) is 5.03 Å². The summed E-state index contributed by atoms with van der Waals surface area (Å²) in [6, 6.07) is 10.2. The highest BCUT2D eigenvalue weighted by Gasteiger charge is 2.02. The molecule has 0 unspecified atom stereocenters. The zero-order valence-electron chi connectivity index (χ0n) is 9.68. The summed E-state index contributed by atoms with van der Waals surface area (Å²) in [6.07, 6.45) is 1.92. The zero-order valence-corrected chi connectivity index (χ0v) is 10.5. The number of aryl methyl sites for hydroxylation is 1. The number of nitrogens with one attached hydrogen (secondary N) is 2. The Morgan fingerprint density at radius 1 is 1.17 bits per heavy atom. The van der Waals surface area contributed by atoms with E-state index in [9.17, 15) is 9.59 Å². The first-order valence-corrected chi connectivity index (χ1v) is 6.60.